The van der Waals surface area contributed by atoms with Gasteiger partial charge in [-0.1, -0.05) is 6.92 Å². The normalized spacial score (nSPS) is 21.3. The van der Waals surface area contributed by atoms with E-state index in [4.69, 9.17) is 4.74 Å². The lowest BCUT2D eigenvalue weighted by molar-refractivity contribution is -0.00599. The van der Waals surface area contributed by atoms with Crippen molar-refractivity contribution < 1.29 is 4.74 Å². The number of hydrogen-bond acceptors (Lipinski definition) is 4. The maximum Gasteiger partial charge on any atom is 0.0634 e. The molecule has 1 unspecified atom stereocenters. The maximum absolute atomic E-state index is 5.57. The number of hydrogen-bond donors (Lipinski definition) is 1. The van der Waals surface area contributed by atoms with Gasteiger partial charge < -0.3 is 10.1 Å². The van der Waals surface area contributed by atoms with Crippen molar-refractivity contribution in [2.75, 3.05) is 39.4 Å². The fraction of sp³-hybridized carbons (Fsp3) is 0.769. The van der Waals surface area contributed by atoms with Crippen molar-refractivity contribution in [2.24, 2.45) is 7.05 Å². The predicted octanol–water partition coefficient (Wildman–Crippen LogP) is 0.273. The molecule has 1 aliphatic rings. The Balaban J connectivity index is 1.81. The van der Waals surface area contributed by atoms with Crippen molar-refractivity contribution in [3.8, 4) is 0 Å². The summed E-state index contributed by atoms with van der Waals surface area (Å²) in [4.78, 5) is 2.53. The molecular formula is C13H24N4O. The number of nitrogens with zero attached hydrogens (tertiary/aromatic N) is 3. The summed E-state index contributed by atoms with van der Waals surface area (Å²) in [5.74, 6) is 0. The van der Waals surface area contributed by atoms with Crippen molar-refractivity contribution in [1.82, 2.24) is 20.0 Å². The van der Waals surface area contributed by atoms with E-state index in [1.54, 1.807) is 0 Å². The Labute approximate surface area is 109 Å². The summed E-state index contributed by atoms with van der Waals surface area (Å²) < 4.78 is 7.43. The van der Waals surface area contributed by atoms with Gasteiger partial charge in [0, 0.05) is 38.9 Å². The van der Waals surface area contributed by atoms with Gasteiger partial charge in [-0.2, -0.15) is 5.10 Å². The van der Waals surface area contributed by atoms with Crippen LogP contribution in [-0.2, 0) is 18.2 Å². The second kappa shape index (κ2) is 6.87. The Bertz CT molecular complexity index is 353. The Morgan fingerprint density at radius 1 is 1.56 bits per heavy atom. The number of ether oxygens (including phenoxy) is 1. The lowest BCUT2D eigenvalue weighted by atomic mass is 10.2. The third-order valence-electron chi connectivity index (χ3n) is 3.43. The first-order valence-electron chi connectivity index (χ1n) is 6.79. The van der Waals surface area contributed by atoms with E-state index in [2.05, 4.69) is 28.4 Å². The summed E-state index contributed by atoms with van der Waals surface area (Å²) >= 11 is 0. The highest BCUT2D eigenvalue weighted by atomic mass is 16.5. The highest BCUT2D eigenvalue weighted by molar-refractivity contribution is 5.04. The van der Waals surface area contributed by atoms with Crippen LogP contribution in [-0.4, -0.2) is 60.1 Å². The van der Waals surface area contributed by atoms with Crippen molar-refractivity contribution >= 4 is 0 Å². The molecule has 5 heteroatoms. The zero-order chi connectivity index (χ0) is 12.8. The van der Waals surface area contributed by atoms with Gasteiger partial charge in [0.2, 0.25) is 0 Å². The van der Waals surface area contributed by atoms with Crippen molar-refractivity contribution in [1.29, 1.82) is 0 Å². The molecule has 1 aromatic heterocycles. The lowest BCUT2D eigenvalue weighted by Gasteiger charge is -2.35. The van der Waals surface area contributed by atoms with E-state index in [1.165, 1.54) is 5.56 Å². The van der Waals surface area contributed by atoms with Crippen molar-refractivity contribution in [3.05, 3.63) is 18.0 Å². The minimum Gasteiger partial charge on any atom is -0.378 e. The minimum atomic E-state index is 0.510. The molecule has 1 saturated heterocycles. The molecule has 5 nitrogen and oxygen atoms in total. The summed E-state index contributed by atoms with van der Waals surface area (Å²) in [7, 11) is 1.96. The zero-order valence-electron chi connectivity index (χ0n) is 11.4. The summed E-state index contributed by atoms with van der Waals surface area (Å²) in [6.45, 7) is 8.01. The average molecular weight is 252 g/mol. The molecule has 1 atom stereocenters. The van der Waals surface area contributed by atoms with Crippen LogP contribution in [0.25, 0.3) is 0 Å². The quantitative estimate of drug-likeness (QED) is 0.789. The Kier molecular flexibility index (Phi) is 5.16. The number of rotatable bonds is 6. The summed E-state index contributed by atoms with van der Waals surface area (Å²) in [6.07, 6.45) is 5.12. The molecule has 1 aromatic rings. The first-order chi connectivity index (χ1) is 8.79. The van der Waals surface area contributed by atoms with Gasteiger partial charge in [-0.25, -0.2) is 0 Å². The molecule has 0 bridgehead atoms. The lowest BCUT2D eigenvalue weighted by Crippen LogP contribution is -2.50. The van der Waals surface area contributed by atoms with Crippen LogP contribution in [0.1, 0.15) is 12.5 Å². The second-order valence-corrected chi connectivity index (χ2v) is 4.84. The van der Waals surface area contributed by atoms with Gasteiger partial charge in [0.25, 0.3) is 0 Å². The fourth-order valence-electron chi connectivity index (χ4n) is 2.36. The van der Waals surface area contributed by atoms with Gasteiger partial charge in [0.15, 0.2) is 0 Å². The monoisotopic (exact) mass is 252 g/mol. The van der Waals surface area contributed by atoms with Crippen LogP contribution in [0.15, 0.2) is 12.4 Å². The molecule has 1 fully saturated rings. The maximum atomic E-state index is 5.57. The number of aryl methyl sites for hydroxylation is 1. The van der Waals surface area contributed by atoms with E-state index < -0.39 is 0 Å². The topological polar surface area (TPSA) is 42.3 Å². The minimum absolute atomic E-state index is 0.510. The van der Waals surface area contributed by atoms with Gasteiger partial charge >= 0.3 is 0 Å². The molecule has 0 saturated carbocycles. The molecule has 0 aliphatic carbocycles. The molecule has 1 N–H and O–H groups in total. The number of likely N-dealkylation sites (N-methyl/N-ethyl adjacent to an activating group) is 1. The van der Waals surface area contributed by atoms with E-state index in [1.807, 2.05) is 17.9 Å². The zero-order valence-corrected chi connectivity index (χ0v) is 11.4. The van der Waals surface area contributed by atoms with Crippen LogP contribution in [0.2, 0.25) is 0 Å². The first kappa shape index (κ1) is 13.5. The summed E-state index contributed by atoms with van der Waals surface area (Å²) in [6, 6.07) is 0.510. The number of aromatic nitrogens is 2. The molecule has 2 heterocycles. The third-order valence-corrected chi connectivity index (χ3v) is 3.43. The van der Waals surface area contributed by atoms with Crippen LogP contribution >= 0.6 is 0 Å². The van der Waals surface area contributed by atoms with Crippen LogP contribution in [0.3, 0.4) is 0 Å². The Morgan fingerprint density at radius 3 is 3.17 bits per heavy atom. The van der Waals surface area contributed by atoms with Crippen molar-refractivity contribution in [2.45, 2.75) is 19.4 Å². The van der Waals surface area contributed by atoms with Gasteiger partial charge in [-0.15, -0.1) is 0 Å². The van der Waals surface area contributed by atoms with Gasteiger partial charge in [0.1, 0.15) is 0 Å². The van der Waals surface area contributed by atoms with Crippen LogP contribution in [0.4, 0.5) is 0 Å². The highest BCUT2D eigenvalue weighted by Gasteiger charge is 2.22. The second-order valence-electron chi connectivity index (χ2n) is 4.84. The van der Waals surface area contributed by atoms with E-state index in [0.29, 0.717) is 6.04 Å². The van der Waals surface area contributed by atoms with Crippen LogP contribution < -0.4 is 5.32 Å². The molecule has 0 aromatic carbocycles. The van der Waals surface area contributed by atoms with E-state index in [0.717, 1.165) is 45.8 Å². The fourth-order valence-corrected chi connectivity index (χ4v) is 2.36. The molecule has 1 aliphatic heterocycles. The van der Waals surface area contributed by atoms with Crippen molar-refractivity contribution in [3.63, 3.8) is 0 Å². The first-order valence-corrected chi connectivity index (χ1v) is 6.79. The van der Waals surface area contributed by atoms with Crippen LogP contribution in [0.5, 0.6) is 0 Å². The molecule has 18 heavy (non-hydrogen) atoms. The predicted molar refractivity (Wildman–Crippen MR) is 71.6 cm³/mol. The average Bonchev–Trinajstić information content (AvgIpc) is 2.81. The largest absolute Gasteiger partial charge is 0.378 e. The highest BCUT2D eigenvalue weighted by Crippen LogP contribution is 2.08. The summed E-state index contributed by atoms with van der Waals surface area (Å²) in [5.41, 5.74) is 1.31. The number of nitrogens with one attached hydrogen (secondary N) is 1. The van der Waals surface area contributed by atoms with Crippen LogP contribution in [0, 0.1) is 0 Å². The molecule has 102 valence electrons. The Hall–Kier alpha value is -0.910. The molecule has 0 spiro atoms. The smallest absolute Gasteiger partial charge is 0.0634 e. The van der Waals surface area contributed by atoms with Gasteiger partial charge in [0.05, 0.1) is 19.4 Å². The van der Waals surface area contributed by atoms with E-state index >= 15 is 0 Å². The van der Waals surface area contributed by atoms with Gasteiger partial charge in [-0.05, 0) is 18.5 Å². The standard InChI is InChI=1S/C13H24N4O/c1-3-14-9-13-11-18-7-6-17(13)5-4-12-8-15-16(2)10-12/h8,10,13-14H,3-7,9,11H2,1-2H3. The van der Waals surface area contributed by atoms with Gasteiger partial charge in [-0.3, -0.25) is 9.58 Å². The summed E-state index contributed by atoms with van der Waals surface area (Å²) in [5, 5.41) is 7.62. The SMILES string of the molecule is CCNCC1COCCN1CCc1cnn(C)c1. The molecule has 0 radical (unpaired) electrons. The van der Waals surface area contributed by atoms with E-state index in [9.17, 15) is 0 Å². The molecule has 0 amide bonds. The Morgan fingerprint density at radius 2 is 2.44 bits per heavy atom. The van der Waals surface area contributed by atoms with E-state index in [-0.39, 0.29) is 0 Å². The number of morpholine rings is 1. The molecule has 2 rings (SSSR count). The molecular weight excluding hydrogens is 228 g/mol. The third kappa shape index (κ3) is 3.80.